The van der Waals surface area contributed by atoms with Gasteiger partial charge < -0.3 is 14.5 Å². The Morgan fingerprint density at radius 1 is 1.45 bits per heavy atom. The Bertz CT molecular complexity index is 349. The van der Waals surface area contributed by atoms with Gasteiger partial charge >= 0.3 is 0 Å². The number of amides is 2. The van der Waals surface area contributed by atoms with Crippen molar-refractivity contribution >= 4 is 11.8 Å². The first-order valence-electron chi connectivity index (χ1n) is 7.26. The van der Waals surface area contributed by atoms with Gasteiger partial charge in [-0.05, 0) is 32.8 Å². The van der Waals surface area contributed by atoms with Crippen LogP contribution in [0.3, 0.4) is 0 Å². The van der Waals surface area contributed by atoms with E-state index >= 15 is 0 Å². The minimum atomic E-state index is -0.0451. The molecule has 0 radical (unpaired) electrons. The Morgan fingerprint density at radius 2 is 2.05 bits per heavy atom. The normalized spacial score (nSPS) is 17.6. The Morgan fingerprint density at radius 3 is 2.50 bits per heavy atom. The first-order valence-corrected chi connectivity index (χ1v) is 7.26. The summed E-state index contributed by atoms with van der Waals surface area (Å²) < 4.78 is 5.23. The van der Waals surface area contributed by atoms with Crippen molar-refractivity contribution in [3.63, 3.8) is 0 Å². The third kappa shape index (κ3) is 4.34. The molecule has 0 aromatic carbocycles. The van der Waals surface area contributed by atoms with Crippen LogP contribution in [-0.2, 0) is 14.3 Å². The molecule has 1 rings (SSSR count). The second-order valence-electron chi connectivity index (χ2n) is 5.23. The summed E-state index contributed by atoms with van der Waals surface area (Å²) >= 11 is 0. The summed E-state index contributed by atoms with van der Waals surface area (Å²) in [4.78, 5) is 27.6. The molecule has 20 heavy (non-hydrogen) atoms. The van der Waals surface area contributed by atoms with E-state index in [0.717, 1.165) is 12.8 Å². The number of likely N-dealkylation sites (tertiary alicyclic amines) is 1. The van der Waals surface area contributed by atoms with Gasteiger partial charge in [0.1, 0.15) is 0 Å². The van der Waals surface area contributed by atoms with Crippen LogP contribution < -0.4 is 0 Å². The fraction of sp³-hybridized carbons (Fsp3) is 0.733. The van der Waals surface area contributed by atoms with E-state index < -0.39 is 0 Å². The summed E-state index contributed by atoms with van der Waals surface area (Å²) in [5.74, 6) is 0.159. The molecule has 1 atom stereocenters. The Balaban J connectivity index is 2.52. The molecule has 5 nitrogen and oxygen atoms in total. The monoisotopic (exact) mass is 282 g/mol. The fourth-order valence-electron chi connectivity index (χ4n) is 2.49. The SMILES string of the molecule is C=CC(=O)N1CCC(C(=O)N(CC)CC(C)OC)CC1. The number of hydrogen-bond acceptors (Lipinski definition) is 3. The minimum absolute atomic E-state index is 0.0212. The molecule has 0 bridgehead atoms. The molecule has 0 spiro atoms. The minimum Gasteiger partial charge on any atom is -0.380 e. The lowest BCUT2D eigenvalue weighted by atomic mass is 9.95. The quantitative estimate of drug-likeness (QED) is 0.690. The molecule has 1 heterocycles. The predicted molar refractivity (Wildman–Crippen MR) is 78.2 cm³/mol. The number of nitrogens with zero attached hydrogens (tertiary/aromatic N) is 2. The molecule has 0 saturated carbocycles. The largest absolute Gasteiger partial charge is 0.380 e. The van der Waals surface area contributed by atoms with Crippen LogP contribution in [0.2, 0.25) is 0 Å². The van der Waals surface area contributed by atoms with E-state index in [1.807, 2.05) is 18.7 Å². The smallest absolute Gasteiger partial charge is 0.245 e. The molecule has 2 amide bonds. The number of likely N-dealkylation sites (N-methyl/N-ethyl adjacent to an activating group) is 1. The van der Waals surface area contributed by atoms with Crippen molar-refractivity contribution < 1.29 is 14.3 Å². The lowest BCUT2D eigenvalue weighted by Crippen LogP contribution is -2.45. The number of piperidine rings is 1. The lowest BCUT2D eigenvalue weighted by molar-refractivity contribution is -0.140. The van der Waals surface area contributed by atoms with Gasteiger partial charge in [0, 0.05) is 39.2 Å². The highest BCUT2D eigenvalue weighted by molar-refractivity contribution is 5.87. The van der Waals surface area contributed by atoms with Crippen LogP contribution in [0.1, 0.15) is 26.7 Å². The van der Waals surface area contributed by atoms with Crippen molar-refractivity contribution in [1.29, 1.82) is 0 Å². The second kappa shape index (κ2) is 8.04. The Kier molecular flexibility index (Phi) is 6.71. The molecular formula is C15H26N2O3. The summed E-state index contributed by atoms with van der Waals surface area (Å²) in [6, 6.07) is 0. The van der Waals surface area contributed by atoms with E-state index in [1.165, 1.54) is 6.08 Å². The molecule has 5 heteroatoms. The maximum Gasteiger partial charge on any atom is 0.245 e. The van der Waals surface area contributed by atoms with Crippen molar-refractivity contribution in [1.82, 2.24) is 9.80 Å². The molecule has 1 unspecified atom stereocenters. The highest BCUT2D eigenvalue weighted by atomic mass is 16.5. The highest BCUT2D eigenvalue weighted by Crippen LogP contribution is 2.20. The molecule has 0 aromatic heterocycles. The van der Waals surface area contributed by atoms with Crippen LogP contribution in [0.15, 0.2) is 12.7 Å². The van der Waals surface area contributed by atoms with Gasteiger partial charge in [-0.1, -0.05) is 6.58 Å². The van der Waals surface area contributed by atoms with Crippen LogP contribution in [0, 0.1) is 5.92 Å². The van der Waals surface area contributed by atoms with Crippen molar-refractivity contribution in [2.45, 2.75) is 32.8 Å². The van der Waals surface area contributed by atoms with Crippen molar-refractivity contribution in [2.24, 2.45) is 5.92 Å². The molecule has 0 aliphatic carbocycles. The number of carbonyl (C=O) groups is 2. The first-order chi connectivity index (χ1) is 9.53. The van der Waals surface area contributed by atoms with Crippen molar-refractivity contribution in [3.8, 4) is 0 Å². The van der Waals surface area contributed by atoms with E-state index in [2.05, 4.69) is 6.58 Å². The second-order valence-corrected chi connectivity index (χ2v) is 5.23. The molecule has 1 aliphatic rings. The molecule has 114 valence electrons. The molecule has 1 aliphatic heterocycles. The standard InChI is InChI=1S/C15H26N2O3/c1-5-14(18)17-9-7-13(8-10-17)15(19)16(6-2)11-12(3)20-4/h5,12-13H,1,6-11H2,2-4H3. The number of hydrogen-bond donors (Lipinski definition) is 0. The summed E-state index contributed by atoms with van der Waals surface area (Å²) in [7, 11) is 1.66. The fourth-order valence-corrected chi connectivity index (χ4v) is 2.49. The van der Waals surface area contributed by atoms with Gasteiger partial charge in [-0.2, -0.15) is 0 Å². The van der Waals surface area contributed by atoms with Gasteiger partial charge in [-0.25, -0.2) is 0 Å². The third-order valence-corrected chi connectivity index (χ3v) is 3.90. The highest BCUT2D eigenvalue weighted by Gasteiger charge is 2.29. The van der Waals surface area contributed by atoms with Gasteiger partial charge in [0.25, 0.3) is 0 Å². The Labute approximate surface area is 121 Å². The number of rotatable bonds is 6. The van der Waals surface area contributed by atoms with E-state index in [4.69, 9.17) is 4.74 Å². The molecule has 1 fully saturated rings. The van der Waals surface area contributed by atoms with Crippen LogP contribution in [0.25, 0.3) is 0 Å². The summed E-state index contributed by atoms with van der Waals surface area (Å²) in [6.07, 6.45) is 2.84. The van der Waals surface area contributed by atoms with E-state index in [9.17, 15) is 9.59 Å². The lowest BCUT2D eigenvalue weighted by Gasteiger charge is -2.34. The number of methoxy groups -OCH3 is 1. The van der Waals surface area contributed by atoms with E-state index in [1.54, 1.807) is 12.0 Å². The number of carbonyl (C=O) groups excluding carboxylic acids is 2. The zero-order valence-electron chi connectivity index (χ0n) is 12.8. The van der Waals surface area contributed by atoms with Crippen molar-refractivity contribution in [3.05, 3.63) is 12.7 Å². The Hall–Kier alpha value is -1.36. The topological polar surface area (TPSA) is 49.9 Å². The van der Waals surface area contributed by atoms with Crippen LogP contribution in [-0.4, -0.2) is 61.0 Å². The molecular weight excluding hydrogens is 256 g/mol. The summed E-state index contributed by atoms with van der Waals surface area (Å²) in [5.41, 5.74) is 0. The zero-order valence-corrected chi connectivity index (χ0v) is 12.8. The van der Waals surface area contributed by atoms with Crippen LogP contribution in [0.4, 0.5) is 0 Å². The van der Waals surface area contributed by atoms with Crippen molar-refractivity contribution in [2.75, 3.05) is 33.3 Å². The summed E-state index contributed by atoms with van der Waals surface area (Å²) in [5, 5.41) is 0. The molecule has 1 saturated heterocycles. The third-order valence-electron chi connectivity index (χ3n) is 3.90. The van der Waals surface area contributed by atoms with Gasteiger partial charge in [0.15, 0.2) is 0 Å². The molecule has 0 N–H and O–H groups in total. The van der Waals surface area contributed by atoms with Gasteiger partial charge in [-0.15, -0.1) is 0 Å². The summed E-state index contributed by atoms with van der Waals surface area (Å²) in [6.45, 7) is 10.0. The zero-order chi connectivity index (χ0) is 15.1. The van der Waals surface area contributed by atoms with Gasteiger partial charge in [0.05, 0.1) is 6.10 Å². The average Bonchev–Trinajstić information content (AvgIpc) is 2.50. The maximum atomic E-state index is 12.5. The number of ether oxygens (including phenoxy) is 1. The van der Waals surface area contributed by atoms with Gasteiger partial charge in [-0.3, -0.25) is 9.59 Å². The first kappa shape index (κ1) is 16.7. The predicted octanol–water partition coefficient (Wildman–Crippen LogP) is 1.29. The molecule has 0 aromatic rings. The van der Waals surface area contributed by atoms with Gasteiger partial charge in [0.2, 0.25) is 11.8 Å². The van der Waals surface area contributed by atoms with E-state index in [0.29, 0.717) is 26.2 Å². The van der Waals surface area contributed by atoms with Crippen LogP contribution >= 0.6 is 0 Å². The van der Waals surface area contributed by atoms with Crippen LogP contribution in [0.5, 0.6) is 0 Å². The van der Waals surface area contributed by atoms with E-state index in [-0.39, 0.29) is 23.8 Å². The average molecular weight is 282 g/mol. The maximum absolute atomic E-state index is 12.5.